The van der Waals surface area contributed by atoms with Gasteiger partial charge in [-0.2, -0.15) is 0 Å². The van der Waals surface area contributed by atoms with Crippen LogP contribution in [0.3, 0.4) is 0 Å². The van der Waals surface area contributed by atoms with Crippen molar-refractivity contribution in [3.8, 4) is 0 Å². The van der Waals surface area contributed by atoms with E-state index >= 15 is 0 Å². The molecule has 0 aromatic heterocycles. The predicted molar refractivity (Wildman–Crippen MR) is 93.3 cm³/mol. The van der Waals surface area contributed by atoms with Crippen LogP contribution >= 0.6 is 0 Å². The van der Waals surface area contributed by atoms with Gasteiger partial charge < -0.3 is 5.11 Å². The second-order valence-corrected chi connectivity index (χ2v) is 9.22. The van der Waals surface area contributed by atoms with E-state index in [0.717, 1.165) is 18.8 Å². The first kappa shape index (κ1) is 19.0. The molecule has 1 heteroatoms. The Balaban J connectivity index is 2.85. The van der Waals surface area contributed by atoms with Crippen molar-refractivity contribution < 1.29 is 5.11 Å². The molecule has 0 unspecified atom stereocenters. The summed E-state index contributed by atoms with van der Waals surface area (Å²) >= 11 is 0. The Morgan fingerprint density at radius 2 is 1.71 bits per heavy atom. The molecule has 0 heterocycles. The van der Waals surface area contributed by atoms with Crippen LogP contribution in [0.1, 0.15) is 87.5 Å². The van der Waals surface area contributed by atoms with Gasteiger partial charge >= 0.3 is 0 Å². The summed E-state index contributed by atoms with van der Waals surface area (Å²) in [5.41, 5.74) is -0.0999. The van der Waals surface area contributed by atoms with Crippen LogP contribution in [0.15, 0.2) is 0 Å². The van der Waals surface area contributed by atoms with Crippen LogP contribution in [0.5, 0.6) is 0 Å². The lowest BCUT2D eigenvalue weighted by atomic mass is 9.62. The van der Waals surface area contributed by atoms with Crippen molar-refractivity contribution in [2.45, 2.75) is 93.1 Å². The zero-order chi connectivity index (χ0) is 16.4. The quantitative estimate of drug-likeness (QED) is 0.619. The van der Waals surface area contributed by atoms with Gasteiger partial charge in [0.1, 0.15) is 0 Å². The molecule has 1 rings (SSSR count). The van der Waals surface area contributed by atoms with Crippen molar-refractivity contribution in [2.24, 2.45) is 35.0 Å². The zero-order valence-corrected chi connectivity index (χ0v) is 15.9. The molecule has 0 saturated heterocycles. The van der Waals surface area contributed by atoms with Gasteiger partial charge in [-0.3, -0.25) is 0 Å². The molecule has 4 atom stereocenters. The lowest BCUT2D eigenvalue weighted by Crippen LogP contribution is -2.43. The van der Waals surface area contributed by atoms with Gasteiger partial charge in [-0.15, -0.1) is 0 Å². The maximum Gasteiger partial charge on any atom is 0.0650 e. The van der Waals surface area contributed by atoms with Gasteiger partial charge in [0.05, 0.1) is 5.60 Å². The van der Waals surface area contributed by atoms with Gasteiger partial charge in [-0.1, -0.05) is 61.3 Å². The van der Waals surface area contributed by atoms with Crippen LogP contribution in [0.4, 0.5) is 0 Å². The second kappa shape index (κ2) is 7.02. The Morgan fingerprint density at radius 3 is 2.14 bits per heavy atom. The molecule has 0 aromatic carbocycles. The van der Waals surface area contributed by atoms with E-state index < -0.39 is 5.60 Å². The smallest absolute Gasteiger partial charge is 0.0650 e. The molecule has 0 spiro atoms. The SMILES string of the molecule is CC(C)CCC[C@@](C)(O)[C@@H]1CC[C@](C)(C(C)C)[C@H]1C(C)C. The van der Waals surface area contributed by atoms with Crippen molar-refractivity contribution in [3.05, 3.63) is 0 Å². The number of hydrogen-bond donors (Lipinski definition) is 1. The van der Waals surface area contributed by atoms with Crippen molar-refractivity contribution in [3.63, 3.8) is 0 Å². The highest BCUT2D eigenvalue weighted by Crippen LogP contribution is 2.57. The fourth-order valence-electron chi connectivity index (χ4n) is 4.92. The van der Waals surface area contributed by atoms with E-state index in [0.29, 0.717) is 29.1 Å². The largest absolute Gasteiger partial charge is 0.390 e. The minimum absolute atomic E-state index is 0.390. The van der Waals surface area contributed by atoms with Gasteiger partial charge in [-0.05, 0) is 61.2 Å². The fourth-order valence-corrected chi connectivity index (χ4v) is 4.92. The topological polar surface area (TPSA) is 20.2 Å². The van der Waals surface area contributed by atoms with Crippen LogP contribution in [0.2, 0.25) is 0 Å². The Bertz CT molecular complexity index is 316. The summed E-state index contributed by atoms with van der Waals surface area (Å²) in [5.74, 6) is 3.21. The van der Waals surface area contributed by atoms with Gasteiger partial charge in [0.15, 0.2) is 0 Å². The molecule has 1 fully saturated rings. The van der Waals surface area contributed by atoms with Gasteiger partial charge in [0.2, 0.25) is 0 Å². The van der Waals surface area contributed by atoms with E-state index in [-0.39, 0.29) is 0 Å². The summed E-state index contributed by atoms with van der Waals surface area (Å²) in [6, 6.07) is 0. The third-order valence-corrected chi connectivity index (χ3v) is 6.49. The first-order chi connectivity index (χ1) is 9.52. The Morgan fingerprint density at radius 1 is 1.14 bits per heavy atom. The maximum absolute atomic E-state index is 11.2. The third-order valence-electron chi connectivity index (χ3n) is 6.49. The average Bonchev–Trinajstić information content (AvgIpc) is 2.68. The summed E-state index contributed by atoms with van der Waals surface area (Å²) in [6.45, 7) is 18.6. The Hall–Kier alpha value is -0.0400. The monoisotopic (exact) mass is 296 g/mol. The molecule has 0 radical (unpaired) electrons. The van der Waals surface area contributed by atoms with E-state index in [1.165, 1.54) is 19.3 Å². The highest BCUT2D eigenvalue weighted by atomic mass is 16.3. The molecule has 0 aromatic rings. The Kier molecular flexibility index (Phi) is 6.36. The maximum atomic E-state index is 11.2. The predicted octanol–water partition coefficient (Wildman–Crippen LogP) is 5.91. The van der Waals surface area contributed by atoms with Gasteiger partial charge in [0, 0.05) is 0 Å². The van der Waals surface area contributed by atoms with Crippen LogP contribution in [-0.2, 0) is 0 Å². The summed E-state index contributed by atoms with van der Waals surface area (Å²) in [4.78, 5) is 0. The van der Waals surface area contributed by atoms with Crippen LogP contribution in [-0.4, -0.2) is 10.7 Å². The van der Waals surface area contributed by atoms with E-state index in [2.05, 4.69) is 55.4 Å². The molecule has 1 nitrogen and oxygen atoms in total. The molecular formula is C20H40O. The first-order valence-electron chi connectivity index (χ1n) is 9.24. The molecule has 1 N–H and O–H groups in total. The molecule has 0 aliphatic heterocycles. The van der Waals surface area contributed by atoms with Gasteiger partial charge in [0.25, 0.3) is 0 Å². The molecule has 21 heavy (non-hydrogen) atoms. The molecule has 1 aliphatic rings. The Labute approximate surface area is 133 Å². The standard InChI is InChI=1S/C20H40O/c1-14(2)10-9-12-20(8,21)17-11-13-19(7,16(5)6)18(17)15(3)4/h14-18,21H,9-13H2,1-8H3/t17-,18+,19-,20-/m1/s1. The van der Waals surface area contributed by atoms with Crippen molar-refractivity contribution >= 4 is 0 Å². The van der Waals surface area contributed by atoms with Gasteiger partial charge in [-0.25, -0.2) is 0 Å². The minimum Gasteiger partial charge on any atom is -0.390 e. The lowest BCUT2D eigenvalue weighted by Gasteiger charge is -2.44. The number of hydrogen-bond acceptors (Lipinski definition) is 1. The highest BCUT2D eigenvalue weighted by Gasteiger charge is 2.53. The first-order valence-corrected chi connectivity index (χ1v) is 9.24. The van der Waals surface area contributed by atoms with Crippen LogP contribution in [0.25, 0.3) is 0 Å². The molecular weight excluding hydrogens is 256 g/mol. The summed E-state index contributed by atoms with van der Waals surface area (Å²) in [7, 11) is 0. The summed E-state index contributed by atoms with van der Waals surface area (Å²) in [6.07, 6.45) is 5.83. The van der Waals surface area contributed by atoms with Crippen LogP contribution in [0, 0.1) is 35.0 Å². The summed E-state index contributed by atoms with van der Waals surface area (Å²) < 4.78 is 0. The minimum atomic E-state index is -0.490. The summed E-state index contributed by atoms with van der Waals surface area (Å²) in [5, 5.41) is 11.2. The third kappa shape index (κ3) is 4.24. The van der Waals surface area contributed by atoms with E-state index in [1.54, 1.807) is 0 Å². The van der Waals surface area contributed by atoms with E-state index in [9.17, 15) is 5.11 Å². The average molecular weight is 297 g/mol. The number of aliphatic hydroxyl groups is 1. The normalized spacial score (nSPS) is 33.1. The van der Waals surface area contributed by atoms with E-state index in [4.69, 9.17) is 0 Å². The second-order valence-electron chi connectivity index (χ2n) is 9.22. The van der Waals surface area contributed by atoms with Crippen molar-refractivity contribution in [1.82, 2.24) is 0 Å². The molecule has 1 aliphatic carbocycles. The molecule has 0 amide bonds. The molecule has 1 saturated carbocycles. The highest BCUT2D eigenvalue weighted by molar-refractivity contribution is 5.02. The van der Waals surface area contributed by atoms with E-state index in [1.807, 2.05) is 0 Å². The zero-order valence-electron chi connectivity index (χ0n) is 15.9. The molecule has 0 bridgehead atoms. The van der Waals surface area contributed by atoms with Crippen LogP contribution < -0.4 is 0 Å². The van der Waals surface area contributed by atoms with Crippen molar-refractivity contribution in [2.75, 3.05) is 0 Å². The number of rotatable bonds is 7. The lowest BCUT2D eigenvalue weighted by molar-refractivity contribution is -0.0562. The molecule has 126 valence electrons. The fraction of sp³-hybridized carbons (Fsp3) is 1.00. The van der Waals surface area contributed by atoms with Crippen molar-refractivity contribution in [1.29, 1.82) is 0 Å².